The zero-order valence-corrected chi connectivity index (χ0v) is 22.4. The fourth-order valence-electron chi connectivity index (χ4n) is 4.05. The predicted molar refractivity (Wildman–Crippen MR) is 134 cm³/mol. The first-order chi connectivity index (χ1) is 15.7. The van der Waals surface area contributed by atoms with E-state index in [4.69, 9.17) is 19.4 Å². The van der Waals surface area contributed by atoms with Gasteiger partial charge in [-0.05, 0) is 44.6 Å². The van der Waals surface area contributed by atoms with Crippen molar-refractivity contribution in [1.82, 2.24) is 5.32 Å². The van der Waals surface area contributed by atoms with Gasteiger partial charge in [0, 0.05) is 12.6 Å². The van der Waals surface area contributed by atoms with E-state index in [9.17, 15) is 25.3 Å². The molecule has 0 aliphatic heterocycles. The molecule has 0 aromatic carbocycles. The number of nitrogens with two attached hydrogens (primary N) is 1. The van der Waals surface area contributed by atoms with E-state index in [1.165, 1.54) is 64.2 Å². The normalized spacial score (nSPS) is 18.4. The van der Waals surface area contributed by atoms with E-state index >= 15 is 0 Å². The first-order valence-corrected chi connectivity index (χ1v) is 16.8. The summed E-state index contributed by atoms with van der Waals surface area (Å²) in [6.07, 6.45) is 14.7. The van der Waals surface area contributed by atoms with Gasteiger partial charge in [0.25, 0.3) is 30.4 Å². The van der Waals surface area contributed by atoms with E-state index in [-0.39, 0.29) is 23.8 Å². The largest absolute Gasteiger partial charge is 0.329 e. The second kappa shape index (κ2) is 18.0. The molecule has 0 atom stereocenters. The quantitative estimate of drug-likeness (QED) is 0.186. The molecule has 2 rings (SSSR count). The van der Waals surface area contributed by atoms with Gasteiger partial charge in [-0.1, -0.05) is 51.4 Å². The molecule has 2 aliphatic carbocycles. The number of hydrogen-bond acceptors (Lipinski definition) is 8. The molecule has 0 aromatic heterocycles. The molecule has 34 heavy (non-hydrogen) atoms. The molecule has 2 fully saturated rings. The van der Waals surface area contributed by atoms with E-state index in [1.54, 1.807) is 0 Å². The average molecular weight is 553 g/mol. The van der Waals surface area contributed by atoms with Crippen molar-refractivity contribution in [3.8, 4) is 0 Å². The summed E-state index contributed by atoms with van der Waals surface area (Å²) >= 11 is 0. The fraction of sp³-hybridized carbons (Fsp3) is 1.00. The Morgan fingerprint density at radius 2 is 1.09 bits per heavy atom. The third-order valence-corrected chi connectivity index (χ3v) is 8.09. The van der Waals surface area contributed by atoms with Crippen molar-refractivity contribution in [2.75, 3.05) is 30.3 Å². The maximum atomic E-state index is 10.4. The van der Waals surface area contributed by atoms with Crippen LogP contribution in [0.1, 0.15) is 83.5 Å². The molecular weight excluding hydrogens is 508 g/mol. The van der Waals surface area contributed by atoms with Gasteiger partial charge in [-0.3, -0.25) is 13.7 Å². The lowest BCUT2D eigenvalue weighted by Crippen LogP contribution is -2.32. The summed E-state index contributed by atoms with van der Waals surface area (Å²) < 4.78 is 86.0. The van der Waals surface area contributed by atoms with Crippen LogP contribution in [0.4, 0.5) is 0 Å². The Bertz CT molecular complexity index is 819. The third-order valence-electron chi connectivity index (χ3n) is 5.73. The third kappa shape index (κ3) is 24.8. The van der Waals surface area contributed by atoms with Gasteiger partial charge in [0.15, 0.2) is 0 Å². The maximum absolute atomic E-state index is 10.4. The van der Waals surface area contributed by atoms with Crippen LogP contribution in [0.5, 0.6) is 0 Å². The maximum Gasteiger partial charge on any atom is 0.266 e. The Kier molecular flexibility index (Phi) is 17.8. The van der Waals surface area contributed by atoms with Crippen LogP contribution in [0.2, 0.25) is 0 Å². The molecule has 0 radical (unpaired) electrons. The van der Waals surface area contributed by atoms with E-state index in [2.05, 4.69) is 5.32 Å². The second-order valence-corrected chi connectivity index (χ2v) is 13.7. The molecule has 0 bridgehead atoms. The highest BCUT2D eigenvalue weighted by atomic mass is 32.2. The van der Waals surface area contributed by atoms with Crippen LogP contribution in [-0.4, -0.2) is 75.3 Å². The molecule has 2 aliphatic rings. The van der Waals surface area contributed by atoms with Gasteiger partial charge in [-0.15, -0.1) is 0 Å². The Morgan fingerprint density at radius 1 is 0.647 bits per heavy atom. The highest BCUT2D eigenvalue weighted by Crippen LogP contribution is 2.27. The lowest BCUT2D eigenvalue weighted by Gasteiger charge is -2.22. The van der Waals surface area contributed by atoms with Crippen LogP contribution < -0.4 is 11.1 Å². The lowest BCUT2D eigenvalue weighted by molar-refractivity contribution is 0.335. The molecule has 11 nitrogen and oxygen atoms in total. The smallest absolute Gasteiger partial charge is 0.266 e. The van der Waals surface area contributed by atoms with Crippen molar-refractivity contribution in [2.24, 2.45) is 11.7 Å². The molecule has 0 spiro atoms. The van der Waals surface area contributed by atoms with Crippen LogP contribution in [-0.2, 0) is 30.4 Å². The van der Waals surface area contributed by atoms with E-state index in [1.807, 2.05) is 0 Å². The van der Waals surface area contributed by atoms with Crippen molar-refractivity contribution < 1.29 is 38.9 Å². The minimum absolute atomic E-state index is 0.0289. The number of rotatable bonds is 11. The Morgan fingerprint density at radius 3 is 1.50 bits per heavy atom. The Labute approximate surface area is 205 Å². The van der Waals surface area contributed by atoms with E-state index in [0.717, 1.165) is 6.42 Å². The number of hydrogen-bond donors (Lipinski definition) is 5. The zero-order valence-electron chi connectivity index (χ0n) is 20.0. The van der Waals surface area contributed by atoms with Crippen LogP contribution in [0, 0.1) is 5.92 Å². The first kappa shape index (κ1) is 33.7. The summed E-state index contributed by atoms with van der Waals surface area (Å²) in [6.45, 7) is 0.656. The zero-order chi connectivity index (χ0) is 26.1. The van der Waals surface area contributed by atoms with Crippen LogP contribution in [0.15, 0.2) is 0 Å². The molecule has 0 aromatic rings. The fourth-order valence-corrected chi connectivity index (χ4v) is 5.39. The van der Waals surface area contributed by atoms with Gasteiger partial charge in [0.1, 0.15) is 0 Å². The minimum Gasteiger partial charge on any atom is -0.329 e. The monoisotopic (exact) mass is 552 g/mol. The summed E-state index contributed by atoms with van der Waals surface area (Å²) in [5.41, 5.74) is 4.78. The molecule has 0 saturated heterocycles. The molecule has 0 unspecified atom stereocenters. The van der Waals surface area contributed by atoms with Crippen molar-refractivity contribution in [1.29, 1.82) is 0 Å². The molecule has 0 heterocycles. The summed E-state index contributed by atoms with van der Waals surface area (Å²) in [7, 11) is -11.3. The van der Waals surface area contributed by atoms with E-state index in [0.29, 0.717) is 31.3 Å². The summed E-state index contributed by atoms with van der Waals surface area (Å²) in [6, 6.07) is 0.560. The van der Waals surface area contributed by atoms with Gasteiger partial charge >= 0.3 is 0 Å². The Balaban J connectivity index is 0.000000509. The van der Waals surface area contributed by atoms with Crippen molar-refractivity contribution in [3.63, 3.8) is 0 Å². The van der Waals surface area contributed by atoms with Crippen molar-refractivity contribution in [2.45, 2.75) is 89.5 Å². The lowest BCUT2D eigenvalue weighted by atomic mass is 9.86. The second-order valence-electron chi connectivity index (χ2n) is 8.94. The molecule has 14 heteroatoms. The van der Waals surface area contributed by atoms with Gasteiger partial charge < -0.3 is 11.1 Å². The Hall–Kier alpha value is -0.350. The summed E-state index contributed by atoms with van der Waals surface area (Å²) in [4.78, 5) is 0. The van der Waals surface area contributed by atoms with Gasteiger partial charge in [0.05, 0.1) is 17.3 Å². The van der Waals surface area contributed by atoms with Crippen LogP contribution in [0.3, 0.4) is 0 Å². The number of nitrogens with one attached hydrogen (secondary N) is 1. The van der Waals surface area contributed by atoms with Crippen LogP contribution in [0.25, 0.3) is 0 Å². The van der Waals surface area contributed by atoms with Gasteiger partial charge in [-0.2, -0.15) is 25.3 Å². The van der Waals surface area contributed by atoms with E-state index < -0.39 is 30.4 Å². The topological polar surface area (TPSA) is 201 Å². The van der Waals surface area contributed by atoms with Crippen molar-refractivity contribution in [3.05, 3.63) is 0 Å². The first-order valence-electron chi connectivity index (χ1n) is 12.0. The SMILES string of the molecule is NCCS(=O)(=O)O.O=S(=O)(O)CCCC1CCCCC1.O=S(=O)(O)CCCNC1CCCCC1. The minimum atomic E-state index is -3.80. The molecule has 6 N–H and O–H groups in total. The molecule has 0 amide bonds. The molecular formula is C20H44N2O9S3. The van der Waals surface area contributed by atoms with Gasteiger partial charge in [-0.25, -0.2) is 0 Å². The highest BCUT2D eigenvalue weighted by molar-refractivity contribution is 7.86. The van der Waals surface area contributed by atoms with Gasteiger partial charge in [0.2, 0.25) is 0 Å². The highest BCUT2D eigenvalue weighted by Gasteiger charge is 2.14. The predicted octanol–water partition coefficient (Wildman–Crippen LogP) is 2.25. The standard InChI is InChI=1S/C9H19NO3S.C9H18O3S.C2H7NO3S/c11-14(12,13)8-4-7-10-9-5-2-1-3-6-9;10-13(11,12)8-4-7-9-5-2-1-3-6-9;3-1-2-7(4,5)6/h9-10H,1-8H2,(H,11,12,13);9H,1-8H2,(H,10,11,12);1-3H2,(H,4,5,6). The summed E-state index contributed by atoms with van der Waals surface area (Å²) in [5, 5.41) is 3.32. The summed E-state index contributed by atoms with van der Waals surface area (Å²) in [5.74, 6) is 0.152. The van der Waals surface area contributed by atoms with Crippen molar-refractivity contribution >= 4 is 30.4 Å². The molecule has 206 valence electrons. The van der Waals surface area contributed by atoms with Crippen LogP contribution >= 0.6 is 0 Å². The average Bonchev–Trinajstić information content (AvgIpc) is 2.71. The molecule has 2 saturated carbocycles.